The van der Waals surface area contributed by atoms with Crippen LogP contribution in [0.1, 0.15) is 58.6 Å². The number of hydrogen-bond donors (Lipinski definition) is 1. The molecule has 1 saturated heterocycles. The minimum atomic E-state index is -0.0858. The van der Waals surface area contributed by atoms with E-state index in [0.717, 1.165) is 43.7 Å². The summed E-state index contributed by atoms with van der Waals surface area (Å²) in [5.74, 6) is -0.0858. The van der Waals surface area contributed by atoms with Gasteiger partial charge in [0, 0.05) is 19.1 Å². The van der Waals surface area contributed by atoms with Gasteiger partial charge in [-0.05, 0) is 49.4 Å². The molecule has 3 heteroatoms. The van der Waals surface area contributed by atoms with Crippen LogP contribution in [0.2, 0.25) is 0 Å². The van der Waals surface area contributed by atoms with E-state index in [4.69, 9.17) is 0 Å². The van der Waals surface area contributed by atoms with Crippen LogP contribution in [0.5, 0.6) is 0 Å². The van der Waals surface area contributed by atoms with E-state index < -0.39 is 0 Å². The van der Waals surface area contributed by atoms with Crippen molar-refractivity contribution in [3.05, 3.63) is 29.6 Å². The van der Waals surface area contributed by atoms with Crippen LogP contribution in [-0.2, 0) is 0 Å². The lowest BCUT2D eigenvalue weighted by atomic mass is 9.78. The van der Waals surface area contributed by atoms with Gasteiger partial charge < -0.3 is 10.2 Å². The van der Waals surface area contributed by atoms with Crippen molar-refractivity contribution in [2.45, 2.75) is 53.0 Å². The molecule has 0 bridgehead atoms. The molecular formula is C18H29FN2. The molecule has 1 aromatic rings. The Bertz CT molecular complexity index is 464. The quantitative estimate of drug-likeness (QED) is 0.859. The summed E-state index contributed by atoms with van der Waals surface area (Å²) in [7, 11) is 0. The van der Waals surface area contributed by atoms with E-state index in [1.54, 1.807) is 6.07 Å². The monoisotopic (exact) mass is 292 g/mol. The summed E-state index contributed by atoms with van der Waals surface area (Å²) >= 11 is 0. The fourth-order valence-electron chi connectivity index (χ4n) is 3.11. The van der Waals surface area contributed by atoms with Gasteiger partial charge in [0.25, 0.3) is 0 Å². The van der Waals surface area contributed by atoms with E-state index in [-0.39, 0.29) is 11.9 Å². The molecule has 1 N–H and O–H groups in total. The highest BCUT2D eigenvalue weighted by atomic mass is 19.1. The second-order valence-corrected chi connectivity index (χ2v) is 6.64. The molecule has 21 heavy (non-hydrogen) atoms. The van der Waals surface area contributed by atoms with Crippen LogP contribution in [0.3, 0.4) is 0 Å². The second kappa shape index (κ2) is 6.78. The molecule has 1 aliphatic heterocycles. The Morgan fingerprint density at radius 3 is 2.48 bits per heavy atom. The summed E-state index contributed by atoms with van der Waals surface area (Å²) in [5.41, 5.74) is 2.22. The summed E-state index contributed by atoms with van der Waals surface area (Å²) in [6.07, 6.45) is 3.51. The molecule has 1 aromatic carbocycles. The van der Waals surface area contributed by atoms with Crippen LogP contribution < -0.4 is 10.2 Å². The van der Waals surface area contributed by atoms with Crippen molar-refractivity contribution < 1.29 is 4.39 Å². The van der Waals surface area contributed by atoms with Gasteiger partial charge in [0.1, 0.15) is 5.82 Å². The highest BCUT2D eigenvalue weighted by molar-refractivity contribution is 5.50. The Morgan fingerprint density at radius 1 is 1.29 bits per heavy atom. The van der Waals surface area contributed by atoms with Gasteiger partial charge in [-0.15, -0.1) is 0 Å². The molecule has 1 aliphatic rings. The molecule has 1 heterocycles. The SMILES string of the molecule is CCNC(C)c1ccc(N2CCC(C)(CC)CC2)c(F)c1. The summed E-state index contributed by atoms with van der Waals surface area (Å²) < 4.78 is 14.4. The van der Waals surface area contributed by atoms with E-state index in [1.807, 2.05) is 6.07 Å². The maximum absolute atomic E-state index is 14.4. The van der Waals surface area contributed by atoms with Crippen molar-refractivity contribution in [1.82, 2.24) is 5.32 Å². The topological polar surface area (TPSA) is 15.3 Å². The van der Waals surface area contributed by atoms with E-state index in [0.29, 0.717) is 5.41 Å². The zero-order valence-electron chi connectivity index (χ0n) is 13.9. The van der Waals surface area contributed by atoms with E-state index in [1.165, 1.54) is 6.42 Å². The zero-order chi connectivity index (χ0) is 15.5. The average molecular weight is 292 g/mol. The first-order chi connectivity index (χ1) is 9.99. The number of anilines is 1. The molecule has 2 rings (SSSR count). The Morgan fingerprint density at radius 2 is 1.95 bits per heavy atom. The molecule has 0 amide bonds. The normalized spacial score (nSPS) is 19.6. The van der Waals surface area contributed by atoms with Gasteiger partial charge in [0.2, 0.25) is 0 Å². The van der Waals surface area contributed by atoms with Crippen LogP contribution in [0, 0.1) is 11.2 Å². The summed E-state index contributed by atoms with van der Waals surface area (Å²) in [6, 6.07) is 5.89. The van der Waals surface area contributed by atoms with Crippen LogP contribution in [-0.4, -0.2) is 19.6 Å². The summed E-state index contributed by atoms with van der Waals surface area (Å²) in [4.78, 5) is 2.20. The number of nitrogens with zero attached hydrogens (tertiary/aromatic N) is 1. The molecule has 2 nitrogen and oxygen atoms in total. The van der Waals surface area contributed by atoms with Crippen molar-refractivity contribution in [1.29, 1.82) is 0 Å². The standard InChI is InChI=1S/C18H29FN2/c1-5-18(4)9-11-21(12-10-18)17-8-7-15(13-16(17)19)14(3)20-6-2/h7-8,13-14,20H,5-6,9-12H2,1-4H3. The minimum absolute atomic E-state index is 0.0858. The number of rotatable bonds is 5. The van der Waals surface area contributed by atoms with E-state index in [9.17, 15) is 4.39 Å². The minimum Gasteiger partial charge on any atom is -0.369 e. The van der Waals surface area contributed by atoms with Crippen molar-refractivity contribution in [3.63, 3.8) is 0 Å². The number of halogens is 1. The maximum Gasteiger partial charge on any atom is 0.146 e. The second-order valence-electron chi connectivity index (χ2n) is 6.64. The number of benzene rings is 1. The Kier molecular flexibility index (Phi) is 5.26. The maximum atomic E-state index is 14.4. The third kappa shape index (κ3) is 3.76. The first kappa shape index (κ1) is 16.3. The van der Waals surface area contributed by atoms with Crippen LogP contribution in [0.15, 0.2) is 18.2 Å². The molecule has 0 spiro atoms. The molecule has 0 radical (unpaired) electrons. The van der Waals surface area contributed by atoms with Gasteiger partial charge in [0.05, 0.1) is 5.69 Å². The molecule has 118 valence electrons. The fourth-order valence-corrected chi connectivity index (χ4v) is 3.11. The Hall–Kier alpha value is -1.09. The molecule has 0 aliphatic carbocycles. The van der Waals surface area contributed by atoms with E-state index in [2.05, 4.69) is 44.0 Å². The molecule has 0 aromatic heterocycles. The first-order valence-corrected chi connectivity index (χ1v) is 8.27. The van der Waals surface area contributed by atoms with Crippen LogP contribution in [0.25, 0.3) is 0 Å². The van der Waals surface area contributed by atoms with Crippen molar-refractivity contribution in [2.24, 2.45) is 5.41 Å². The predicted octanol–water partition coefficient (Wildman–Crippen LogP) is 4.51. The van der Waals surface area contributed by atoms with Gasteiger partial charge in [-0.1, -0.05) is 33.3 Å². The smallest absolute Gasteiger partial charge is 0.146 e. The molecule has 1 atom stereocenters. The van der Waals surface area contributed by atoms with E-state index >= 15 is 0 Å². The fraction of sp³-hybridized carbons (Fsp3) is 0.667. The summed E-state index contributed by atoms with van der Waals surface area (Å²) in [6.45, 7) is 11.6. The first-order valence-electron chi connectivity index (χ1n) is 8.27. The van der Waals surface area contributed by atoms with Gasteiger partial charge >= 0.3 is 0 Å². The third-order valence-corrected chi connectivity index (χ3v) is 5.15. The van der Waals surface area contributed by atoms with Crippen LogP contribution >= 0.6 is 0 Å². The highest BCUT2D eigenvalue weighted by Gasteiger charge is 2.29. The number of piperidine rings is 1. The van der Waals surface area contributed by atoms with Gasteiger partial charge in [-0.3, -0.25) is 0 Å². The third-order valence-electron chi connectivity index (χ3n) is 5.15. The largest absolute Gasteiger partial charge is 0.369 e. The highest BCUT2D eigenvalue weighted by Crippen LogP contribution is 2.36. The summed E-state index contributed by atoms with van der Waals surface area (Å²) in [5, 5.41) is 3.33. The molecule has 1 fully saturated rings. The zero-order valence-corrected chi connectivity index (χ0v) is 13.9. The van der Waals surface area contributed by atoms with Gasteiger partial charge in [-0.2, -0.15) is 0 Å². The van der Waals surface area contributed by atoms with Crippen molar-refractivity contribution >= 4 is 5.69 Å². The predicted molar refractivity (Wildman–Crippen MR) is 88.3 cm³/mol. The van der Waals surface area contributed by atoms with Crippen molar-refractivity contribution in [2.75, 3.05) is 24.5 Å². The Balaban J connectivity index is 2.08. The molecule has 0 saturated carbocycles. The average Bonchev–Trinajstić information content (AvgIpc) is 2.48. The van der Waals surface area contributed by atoms with Crippen LogP contribution in [0.4, 0.5) is 10.1 Å². The van der Waals surface area contributed by atoms with Gasteiger partial charge in [-0.25, -0.2) is 4.39 Å². The lowest BCUT2D eigenvalue weighted by Crippen LogP contribution is -2.38. The number of nitrogens with one attached hydrogen (secondary N) is 1. The Labute approximate surface area is 128 Å². The molecule has 1 unspecified atom stereocenters. The lowest BCUT2D eigenvalue weighted by molar-refractivity contribution is 0.237. The number of hydrogen-bond acceptors (Lipinski definition) is 2. The molecular weight excluding hydrogens is 263 g/mol. The lowest BCUT2D eigenvalue weighted by Gasteiger charge is -2.40. The van der Waals surface area contributed by atoms with Gasteiger partial charge in [0.15, 0.2) is 0 Å². The van der Waals surface area contributed by atoms with Crippen molar-refractivity contribution in [3.8, 4) is 0 Å².